The van der Waals surface area contributed by atoms with Gasteiger partial charge >= 0.3 is 6.61 Å². The van der Waals surface area contributed by atoms with Gasteiger partial charge in [0.05, 0.1) is 24.0 Å². The van der Waals surface area contributed by atoms with E-state index in [1.165, 1.54) is 50.9 Å². The molecule has 2 aromatic heterocycles. The van der Waals surface area contributed by atoms with Crippen molar-refractivity contribution < 1.29 is 27.8 Å². The number of carbonyl (C=O) groups excluding carboxylic acids is 1. The molecule has 1 aliphatic heterocycles. The lowest BCUT2D eigenvalue weighted by molar-refractivity contribution is -0.162. The number of nitrogens with zero attached hydrogens (tertiary/aromatic N) is 5. The highest BCUT2D eigenvalue weighted by Crippen LogP contribution is 2.24. The number of hydrogen-bond acceptors (Lipinski definition) is 6. The lowest BCUT2D eigenvalue weighted by atomic mass is 9.91. The van der Waals surface area contributed by atoms with Crippen LogP contribution in [0.25, 0.3) is 16.7 Å². The zero-order chi connectivity index (χ0) is 22.9. The van der Waals surface area contributed by atoms with Crippen LogP contribution in [0.1, 0.15) is 12.8 Å². The molecule has 0 spiro atoms. The molecular formula is C20H20F3N5O4. The van der Waals surface area contributed by atoms with Crippen LogP contribution in [0.4, 0.5) is 13.2 Å². The van der Waals surface area contributed by atoms with Crippen LogP contribution < -0.4 is 5.56 Å². The second kappa shape index (κ2) is 8.71. The molecule has 3 heterocycles. The molecule has 1 N–H and O–H groups in total. The van der Waals surface area contributed by atoms with E-state index < -0.39 is 36.1 Å². The summed E-state index contributed by atoms with van der Waals surface area (Å²) in [5.41, 5.74) is -0.839. The van der Waals surface area contributed by atoms with Crippen LogP contribution in [-0.2, 0) is 16.1 Å². The monoisotopic (exact) mass is 451 g/mol. The van der Waals surface area contributed by atoms with E-state index in [9.17, 15) is 27.9 Å². The summed E-state index contributed by atoms with van der Waals surface area (Å²) in [6, 6.07) is 5.57. The Morgan fingerprint density at radius 2 is 1.91 bits per heavy atom. The van der Waals surface area contributed by atoms with Crippen molar-refractivity contribution in [2.24, 2.45) is 0 Å². The van der Waals surface area contributed by atoms with Gasteiger partial charge in [-0.3, -0.25) is 14.2 Å². The predicted molar refractivity (Wildman–Crippen MR) is 106 cm³/mol. The maximum atomic E-state index is 13.2. The molecule has 0 unspecified atom stereocenters. The first kappa shape index (κ1) is 22.0. The van der Waals surface area contributed by atoms with Crippen molar-refractivity contribution in [1.29, 1.82) is 0 Å². The van der Waals surface area contributed by atoms with Gasteiger partial charge in [-0.15, -0.1) is 0 Å². The molecule has 170 valence electrons. The SMILES string of the molecule is O=C(COC(F)F)N1CCC(O)(Cn2cnc3c(cnn3-c3ccc(F)cc3)c2=O)CC1. The summed E-state index contributed by atoms with van der Waals surface area (Å²) < 4.78 is 44.1. The third-order valence-corrected chi connectivity index (χ3v) is 5.47. The van der Waals surface area contributed by atoms with Gasteiger partial charge in [-0.25, -0.2) is 14.1 Å². The summed E-state index contributed by atoms with van der Waals surface area (Å²) in [5.74, 6) is -0.983. The molecule has 9 nitrogen and oxygen atoms in total. The van der Waals surface area contributed by atoms with Gasteiger partial charge in [0.1, 0.15) is 24.1 Å². The second-order valence-corrected chi connectivity index (χ2v) is 7.62. The number of alkyl halides is 2. The number of benzene rings is 1. The van der Waals surface area contributed by atoms with E-state index in [1.807, 2.05) is 0 Å². The van der Waals surface area contributed by atoms with Crippen molar-refractivity contribution in [1.82, 2.24) is 24.2 Å². The Labute approximate surface area is 179 Å². The molecule has 1 saturated heterocycles. The van der Waals surface area contributed by atoms with Crippen molar-refractivity contribution in [2.45, 2.75) is 31.6 Å². The highest BCUT2D eigenvalue weighted by atomic mass is 19.3. The van der Waals surface area contributed by atoms with Crippen LogP contribution >= 0.6 is 0 Å². The quantitative estimate of drug-likeness (QED) is 0.607. The lowest BCUT2D eigenvalue weighted by Crippen LogP contribution is -2.50. The fraction of sp³-hybridized carbons (Fsp3) is 0.400. The fourth-order valence-electron chi connectivity index (χ4n) is 3.71. The van der Waals surface area contributed by atoms with E-state index >= 15 is 0 Å². The standard InChI is InChI=1S/C20H20F3N5O4/c21-13-1-3-14(4-2-13)28-17-15(9-25-28)18(30)27(12-24-17)11-20(31)5-7-26(8-6-20)16(29)10-32-19(22)23/h1-4,9,12,19,31H,5-8,10-11H2. The first-order chi connectivity index (χ1) is 15.3. The van der Waals surface area contributed by atoms with E-state index in [0.29, 0.717) is 11.3 Å². The number of aliphatic hydroxyl groups is 1. The summed E-state index contributed by atoms with van der Waals surface area (Å²) in [6.07, 6.45) is 2.98. The summed E-state index contributed by atoms with van der Waals surface area (Å²) >= 11 is 0. The van der Waals surface area contributed by atoms with Gasteiger partial charge in [0, 0.05) is 13.1 Å². The van der Waals surface area contributed by atoms with Crippen molar-refractivity contribution >= 4 is 16.9 Å². The van der Waals surface area contributed by atoms with Gasteiger partial charge in [-0.2, -0.15) is 13.9 Å². The summed E-state index contributed by atoms with van der Waals surface area (Å²) in [5, 5.41) is 15.3. The maximum Gasteiger partial charge on any atom is 0.345 e. The first-order valence-electron chi connectivity index (χ1n) is 9.85. The number of ether oxygens (including phenoxy) is 1. The number of piperidine rings is 1. The Hall–Kier alpha value is -3.25. The molecule has 0 aliphatic carbocycles. The van der Waals surface area contributed by atoms with Crippen molar-refractivity contribution in [3.05, 3.63) is 53.0 Å². The maximum absolute atomic E-state index is 13.2. The number of halogens is 3. The number of carbonyl (C=O) groups is 1. The average molecular weight is 451 g/mol. The molecular weight excluding hydrogens is 431 g/mol. The van der Waals surface area contributed by atoms with Crippen LogP contribution in [0.3, 0.4) is 0 Å². The zero-order valence-corrected chi connectivity index (χ0v) is 16.8. The zero-order valence-electron chi connectivity index (χ0n) is 16.8. The van der Waals surface area contributed by atoms with E-state index in [1.54, 1.807) is 0 Å². The van der Waals surface area contributed by atoms with E-state index in [2.05, 4.69) is 14.8 Å². The Bertz CT molecular complexity index is 1170. The molecule has 32 heavy (non-hydrogen) atoms. The second-order valence-electron chi connectivity index (χ2n) is 7.62. The molecule has 0 saturated carbocycles. The minimum absolute atomic E-state index is 0.0495. The molecule has 1 aromatic carbocycles. The normalized spacial score (nSPS) is 16.1. The van der Waals surface area contributed by atoms with E-state index in [0.717, 1.165) is 0 Å². The van der Waals surface area contributed by atoms with Gasteiger partial charge in [-0.05, 0) is 37.1 Å². The summed E-state index contributed by atoms with van der Waals surface area (Å²) in [7, 11) is 0. The molecule has 1 amide bonds. The van der Waals surface area contributed by atoms with Gasteiger partial charge in [0.15, 0.2) is 5.65 Å². The molecule has 12 heteroatoms. The number of rotatable bonds is 6. The third kappa shape index (κ3) is 4.50. The number of aromatic nitrogens is 4. The van der Waals surface area contributed by atoms with Crippen LogP contribution in [0, 0.1) is 5.82 Å². The topological polar surface area (TPSA) is 102 Å². The Morgan fingerprint density at radius 3 is 2.56 bits per heavy atom. The predicted octanol–water partition coefficient (Wildman–Crippen LogP) is 1.31. The highest BCUT2D eigenvalue weighted by molar-refractivity contribution is 5.77. The molecule has 3 aromatic rings. The Balaban J connectivity index is 1.48. The van der Waals surface area contributed by atoms with Gasteiger partial charge in [0.2, 0.25) is 5.91 Å². The third-order valence-electron chi connectivity index (χ3n) is 5.47. The largest absolute Gasteiger partial charge is 0.388 e. The minimum atomic E-state index is -3.03. The fourth-order valence-corrected chi connectivity index (χ4v) is 3.71. The van der Waals surface area contributed by atoms with Crippen LogP contribution in [0.15, 0.2) is 41.6 Å². The molecule has 0 radical (unpaired) electrons. The number of likely N-dealkylation sites (tertiary alicyclic amines) is 1. The summed E-state index contributed by atoms with van der Waals surface area (Å²) in [6.45, 7) is -3.51. The Morgan fingerprint density at radius 1 is 1.22 bits per heavy atom. The van der Waals surface area contributed by atoms with E-state index in [-0.39, 0.29) is 37.9 Å². The first-order valence-corrected chi connectivity index (χ1v) is 9.85. The van der Waals surface area contributed by atoms with Crippen LogP contribution in [0.2, 0.25) is 0 Å². The van der Waals surface area contributed by atoms with Crippen molar-refractivity contribution in [3.63, 3.8) is 0 Å². The Kier molecular flexibility index (Phi) is 5.98. The van der Waals surface area contributed by atoms with Gasteiger partial charge in [-0.1, -0.05) is 0 Å². The number of hydrogen-bond donors (Lipinski definition) is 1. The molecule has 0 atom stereocenters. The average Bonchev–Trinajstić information content (AvgIpc) is 3.20. The lowest BCUT2D eigenvalue weighted by Gasteiger charge is -2.38. The van der Waals surface area contributed by atoms with Gasteiger partial charge < -0.3 is 14.7 Å². The van der Waals surface area contributed by atoms with Gasteiger partial charge in [0.25, 0.3) is 5.56 Å². The molecule has 0 bridgehead atoms. The summed E-state index contributed by atoms with van der Waals surface area (Å²) in [4.78, 5) is 30.4. The molecule has 4 rings (SSSR count). The highest BCUT2D eigenvalue weighted by Gasteiger charge is 2.35. The smallest absolute Gasteiger partial charge is 0.345 e. The van der Waals surface area contributed by atoms with E-state index in [4.69, 9.17) is 0 Å². The number of fused-ring (bicyclic) bond motifs is 1. The molecule has 1 aliphatic rings. The van der Waals surface area contributed by atoms with Crippen LogP contribution in [-0.4, -0.2) is 67.2 Å². The minimum Gasteiger partial charge on any atom is -0.388 e. The van der Waals surface area contributed by atoms with Crippen molar-refractivity contribution in [2.75, 3.05) is 19.7 Å². The number of amides is 1. The van der Waals surface area contributed by atoms with Crippen LogP contribution in [0.5, 0.6) is 0 Å². The van der Waals surface area contributed by atoms with Crippen molar-refractivity contribution in [3.8, 4) is 5.69 Å². The molecule has 1 fully saturated rings.